The first kappa shape index (κ1) is 9.90. The van der Waals surface area contributed by atoms with Crippen LogP contribution in [0.3, 0.4) is 0 Å². The number of nitrogens with two attached hydrogens (primary N) is 1. The lowest BCUT2D eigenvalue weighted by atomic mass is 9.89. The van der Waals surface area contributed by atoms with Gasteiger partial charge in [-0.25, -0.2) is 4.98 Å². The van der Waals surface area contributed by atoms with Gasteiger partial charge in [-0.1, -0.05) is 0 Å². The van der Waals surface area contributed by atoms with Gasteiger partial charge in [0.15, 0.2) is 5.82 Å². The number of pyridine rings is 1. The minimum atomic E-state index is 0.662. The zero-order valence-corrected chi connectivity index (χ0v) is 9.30. The van der Waals surface area contributed by atoms with Gasteiger partial charge in [-0.3, -0.25) is 0 Å². The summed E-state index contributed by atoms with van der Waals surface area (Å²) in [6.07, 6.45) is 3.00. The minimum Gasteiger partial charge on any atom is -0.396 e. The van der Waals surface area contributed by atoms with Crippen molar-refractivity contribution in [3.8, 4) is 0 Å². The van der Waals surface area contributed by atoms with E-state index in [0.29, 0.717) is 5.92 Å². The van der Waals surface area contributed by atoms with Crippen LogP contribution in [0.25, 0.3) is 0 Å². The molecule has 4 heteroatoms. The summed E-state index contributed by atoms with van der Waals surface area (Å²) in [6.45, 7) is 3.92. The molecule has 4 nitrogen and oxygen atoms in total. The first-order valence-corrected chi connectivity index (χ1v) is 5.88. The van der Waals surface area contributed by atoms with E-state index in [1.165, 1.54) is 6.42 Å². The summed E-state index contributed by atoms with van der Waals surface area (Å²) in [5.74, 6) is 2.35. The van der Waals surface area contributed by atoms with E-state index in [-0.39, 0.29) is 0 Å². The SMILES string of the molecule is Nc1cccnc1N1CC[C@H]2COC[C@H]2C1. The normalized spacial score (nSPS) is 29.1. The van der Waals surface area contributed by atoms with Crippen LogP contribution in [-0.4, -0.2) is 31.3 Å². The number of fused-ring (bicyclic) bond motifs is 1. The number of nitrogens with zero attached hydrogens (tertiary/aromatic N) is 2. The lowest BCUT2D eigenvalue weighted by Crippen LogP contribution is -2.40. The van der Waals surface area contributed by atoms with Gasteiger partial charge in [0.1, 0.15) is 0 Å². The molecule has 86 valence electrons. The maximum absolute atomic E-state index is 5.95. The monoisotopic (exact) mass is 219 g/mol. The Hall–Kier alpha value is -1.29. The molecule has 0 amide bonds. The number of nitrogen functional groups attached to an aromatic ring is 1. The largest absolute Gasteiger partial charge is 0.396 e. The molecule has 1 aromatic heterocycles. The van der Waals surface area contributed by atoms with Crippen LogP contribution >= 0.6 is 0 Å². The Morgan fingerprint density at radius 3 is 3.12 bits per heavy atom. The third-order valence-corrected chi connectivity index (χ3v) is 3.67. The standard InChI is InChI=1S/C12H17N3O/c13-11-2-1-4-14-12(11)15-5-3-9-7-16-8-10(9)6-15/h1-2,4,9-10H,3,5-8,13H2/t9-,10+/m0/s1. The molecule has 0 saturated carbocycles. The second kappa shape index (κ2) is 3.94. The van der Waals surface area contributed by atoms with Crippen molar-refractivity contribution >= 4 is 11.5 Å². The highest BCUT2D eigenvalue weighted by molar-refractivity contribution is 5.62. The van der Waals surface area contributed by atoms with Crippen molar-refractivity contribution < 1.29 is 4.74 Å². The third kappa shape index (κ3) is 1.63. The van der Waals surface area contributed by atoms with Gasteiger partial charge in [0.2, 0.25) is 0 Å². The molecular weight excluding hydrogens is 202 g/mol. The van der Waals surface area contributed by atoms with E-state index in [4.69, 9.17) is 10.5 Å². The van der Waals surface area contributed by atoms with E-state index in [2.05, 4.69) is 9.88 Å². The summed E-state index contributed by atoms with van der Waals surface area (Å²) >= 11 is 0. The Morgan fingerprint density at radius 2 is 2.25 bits per heavy atom. The van der Waals surface area contributed by atoms with Gasteiger partial charge in [-0.15, -0.1) is 0 Å². The topological polar surface area (TPSA) is 51.4 Å². The van der Waals surface area contributed by atoms with Crippen LogP contribution in [0, 0.1) is 11.8 Å². The Labute approximate surface area is 95.4 Å². The van der Waals surface area contributed by atoms with Crippen LogP contribution in [0.1, 0.15) is 6.42 Å². The highest BCUT2D eigenvalue weighted by atomic mass is 16.5. The van der Waals surface area contributed by atoms with Crippen molar-refractivity contribution in [2.24, 2.45) is 11.8 Å². The maximum Gasteiger partial charge on any atom is 0.151 e. The molecule has 2 fully saturated rings. The van der Waals surface area contributed by atoms with Gasteiger partial charge in [0.25, 0.3) is 0 Å². The molecule has 2 saturated heterocycles. The van der Waals surface area contributed by atoms with Crippen LogP contribution in [0.15, 0.2) is 18.3 Å². The average molecular weight is 219 g/mol. The fourth-order valence-electron chi connectivity index (χ4n) is 2.73. The zero-order valence-electron chi connectivity index (χ0n) is 9.30. The number of ether oxygens (including phenoxy) is 1. The molecule has 16 heavy (non-hydrogen) atoms. The molecule has 0 bridgehead atoms. The van der Waals surface area contributed by atoms with Gasteiger partial charge in [0, 0.05) is 31.8 Å². The van der Waals surface area contributed by atoms with E-state index in [1.807, 2.05) is 18.3 Å². The van der Waals surface area contributed by atoms with E-state index < -0.39 is 0 Å². The van der Waals surface area contributed by atoms with Crippen molar-refractivity contribution in [2.75, 3.05) is 36.9 Å². The Kier molecular flexibility index (Phi) is 2.44. The van der Waals surface area contributed by atoms with Crippen molar-refractivity contribution in [3.63, 3.8) is 0 Å². The summed E-state index contributed by atoms with van der Waals surface area (Å²) in [7, 11) is 0. The third-order valence-electron chi connectivity index (χ3n) is 3.67. The summed E-state index contributed by atoms with van der Waals surface area (Å²) < 4.78 is 5.53. The molecule has 2 atom stereocenters. The maximum atomic E-state index is 5.95. The van der Waals surface area contributed by atoms with Gasteiger partial charge in [0.05, 0.1) is 12.3 Å². The molecule has 0 spiro atoms. The molecule has 0 aliphatic carbocycles. The van der Waals surface area contributed by atoms with E-state index >= 15 is 0 Å². The lowest BCUT2D eigenvalue weighted by molar-refractivity contribution is 0.182. The van der Waals surface area contributed by atoms with Gasteiger partial charge in [-0.05, 0) is 24.5 Å². The average Bonchev–Trinajstić information content (AvgIpc) is 2.76. The molecule has 0 unspecified atom stereocenters. The van der Waals surface area contributed by atoms with Gasteiger partial charge < -0.3 is 15.4 Å². The van der Waals surface area contributed by atoms with Crippen molar-refractivity contribution in [3.05, 3.63) is 18.3 Å². The summed E-state index contributed by atoms with van der Waals surface area (Å²) in [5.41, 5.74) is 6.73. The lowest BCUT2D eigenvalue weighted by Gasteiger charge is -2.35. The Balaban J connectivity index is 1.79. The highest BCUT2D eigenvalue weighted by Gasteiger charge is 2.34. The molecule has 2 aliphatic rings. The van der Waals surface area contributed by atoms with E-state index in [0.717, 1.165) is 43.7 Å². The highest BCUT2D eigenvalue weighted by Crippen LogP contribution is 2.32. The number of rotatable bonds is 1. The quantitative estimate of drug-likeness (QED) is 0.769. The molecule has 1 aromatic rings. The number of anilines is 2. The minimum absolute atomic E-state index is 0.662. The first-order valence-electron chi connectivity index (χ1n) is 5.88. The molecule has 3 heterocycles. The van der Waals surface area contributed by atoms with Gasteiger partial charge in [-0.2, -0.15) is 0 Å². The predicted molar refractivity (Wildman–Crippen MR) is 63.3 cm³/mol. The first-order chi connectivity index (χ1) is 7.84. The number of piperidine rings is 1. The molecular formula is C12H17N3O. The molecule has 3 rings (SSSR count). The Morgan fingerprint density at radius 1 is 1.38 bits per heavy atom. The zero-order chi connectivity index (χ0) is 11.0. The Bertz CT molecular complexity index is 382. The van der Waals surface area contributed by atoms with Crippen LogP contribution in [0.2, 0.25) is 0 Å². The summed E-state index contributed by atoms with van der Waals surface area (Å²) in [5, 5.41) is 0. The second-order valence-corrected chi connectivity index (χ2v) is 4.71. The molecule has 2 aliphatic heterocycles. The van der Waals surface area contributed by atoms with Crippen molar-refractivity contribution in [1.82, 2.24) is 4.98 Å². The predicted octanol–water partition coefficient (Wildman–Crippen LogP) is 1.14. The van der Waals surface area contributed by atoms with Crippen molar-refractivity contribution in [1.29, 1.82) is 0 Å². The second-order valence-electron chi connectivity index (χ2n) is 4.71. The van der Waals surface area contributed by atoms with Crippen LogP contribution in [0.5, 0.6) is 0 Å². The van der Waals surface area contributed by atoms with Gasteiger partial charge >= 0.3 is 0 Å². The van der Waals surface area contributed by atoms with Crippen molar-refractivity contribution in [2.45, 2.75) is 6.42 Å². The fraction of sp³-hybridized carbons (Fsp3) is 0.583. The molecule has 0 aromatic carbocycles. The van der Waals surface area contributed by atoms with Crippen LogP contribution < -0.4 is 10.6 Å². The molecule has 0 radical (unpaired) electrons. The molecule has 2 N–H and O–H groups in total. The smallest absolute Gasteiger partial charge is 0.151 e. The van der Waals surface area contributed by atoms with E-state index in [9.17, 15) is 0 Å². The number of aromatic nitrogens is 1. The number of hydrogen-bond acceptors (Lipinski definition) is 4. The number of hydrogen-bond donors (Lipinski definition) is 1. The van der Waals surface area contributed by atoms with Crippen LogP contribution in [0.4, 0.5) is 11.5 Å². The summed E-state index contributed by atoms with van der Waals surface area (Å²) in [6, 6.07) is 3.80. The van der Waals surface area contributed by atoms with Crippen LogP contribution in [-0.2, 0) is 4.74 Å². The van der Waals surface area contributed by atoms with E-state index in [1.54, 1.807) is 0 Å². The fourth-order valence-corrected chi connectivity index (χ4v) is 2.73. The summed E-state index contributed by atoms with van der Waals surface area (Å²) in [4.78, 5) is 6.67.